The molecule has 6 rings (SSSR count). The van der Waals surface area contributed by atoms with Crippen LogP contribution < -0.4 is 23.7 Å². The van der Waals surface area contributed by atoms with E-state index in [4.69, 9.17) is 32.5 Å². The monoisotopic (exact) mass is 555 g/mol. The third kappa shape index (κ3) is 6.24. The van der Waals surface area contributed by atoms with Gasteiger partial charge < -0.3 is 28.4 Å². The number of hydrogen-bond acceptors (Lipinski definition) is 7. The van der Waals surface area contributed by atoms with Crippen LogP contribution in [-0.2, 0) is 35.6 Å². The minimum atomic E-state index is -2.74. The van der Waals surface area contributed by atoms with Crippen LogP contribution in [0.5, 0.6) is 28.7 Å². The zero-order valence-corrected chi connectivity index (χ0v) is 22.4. The van der Waals surface area contributed by atoms with Crippen LogP contribution in [0.15, 0.2) is 91.0 Å². The van der Waals surface area contributed by atoms with Crippen molar-refractivity contribution in [2.75, 3.05) is 20.4 Å². The van der Waals surface area contributed by atoms with Crippen molar-refractivity contribution in [3.8, 4) is 28.7 Å². The number of carbonyl (C=O) groups is 1. The lowest BCUT2D eigenvalue weighted by molar-refractivity contribution is -0.141. The standard InChI is InChI=1S/C34H32O7/c1-36-31-17-26(15-28-27(21-39-34(28)35)14-25-12-13-29-30(16-25)41-22-40-29)18-32(37-19-23-8-4-2-5-9-23)33(31)38-20-24-10-6-3-7-11-24/h2-13,16-18,27-28H,14-15,19-22H2,1H3/i1D3. The number of cyclic esters (lactones) is 1. The molecular weight excluding hydrogens is 520 g/mol. The highest BCUT2D eigenvalue weighted by Gasteiger charge is 2.37. The number of carbonyl (C=O) groups excluding carboxylic acids is 1. The van der Waals surface area contributed by atoms with Crippen LogP contribution in [-0.4, -0.2) is 26.4 Å². The molecule has 0 spiro atoms. The lowest BCUT2D eigenvalue weighted by atomic mass is 9.85. The highest BCUT2D eigenvalue weighted by atomic mass is 16.7. The fourth-order valence-corrected chi connectivity index (χ4v) is 5.22. The van der Waals surface area contributed by atoms with Crippen LogP contribution in [0.2, 0.25) is 0 Å². The minimum Gasteiger partial charge on any atom is -0.493 e. The Hall–Kier alpha value is -4.65. The molecule has 0 radical (unpaired) electrons. The van der Waals surface area contributed by atoms with Crippen LogP contribution in [0.3, 0.4) is 0 Å². The third-order valence-electron chi connectivity index (χ3n) is 7.36. The zero-order valence-electron chi connectivity index (χ0n) is 25.4. The van der Waals surface area contributed by atoms with E-state index in [1.807, 2.05) is 78.9 Å². The van der Waals surface area contributed by atoms with Gasteiger partial charge in [-0.05, 0) is 59.4 Å². The Morgan fingerprint density at radius 3 is 2.20 bits per heavy atom. The van der Waals surface area contributed by atoms with E-state index in [2.05, 4.69) is 0 Å². The normalized spacial score (nSPS) is 18.6. The van der Waals surface area contributed by atoms with Crippen LogP contribution in [0.25, 0.3) is 0 Å². The maximum atomic E-state index is 13.0. The van der Waals surface area contributed by atoms with Gasteiger partial charge in [0.15, 0.2) is 23.0 Å². The number of ether oxygens (including phenoxy) is 6. The molecule has 4 aromatic carbocycles. The lowest BCUT2D eigenvalue weighted by Gasteiger charge is -2.20. The van der Waals surface area contributed by atoms with E-state index in [1.54, 1.807) is 12.1 Å². The van der Waals surface area contributed by atoms with Gasteiger partial charge in [-0.3, -0.25) is 4.79 Å². The van der Waals surface area contributed by atoms with E-state index in [0.717, 1.165) is 16.7 Å². The smallest absolute Gasteiger partial charge is 0.309 e. The van der Waals surface area contributed by atoms with Gasteiger partial charge in [-0.25, -0.2) is 0 Å². The second-order valence-electron chi connectivity index (χ2n) is 10.2. The Morgan fingerprint density at radius 1 is 0.732 bits per heavy atom. The molecule has 1 saturated heterocycles. The molecule has 7 nitrogen and oxygen atoms in total. The quantitative estimate of drug-likeness (QED) is 0.205. The van der Waals surface area contributed by atoms with Gasteiger partial charge in [-0.2, -0.15) is 0 Å². The van der Waals surface area contributed by atoms with Gasteiger partial charge in [0.2, 0.25) is 12.5 Å². The predicted molar refractivity (Wildman–Crippen MR) is 152 cm³/mol. The largest absolute Gasteiger partial charge is 0.493 e. The molecule has 0 amide bonds. The number of hydrogen-bond donors (Lipinski definition) is 0. The van der Waals surface area contributed by atoms with Gasteiger partial charge >= 0.3 is 5.97 Å². The number of benzene rings is 4. The third-order valence-corrected chi connectivity index (χ3v) is 7.36. The van der Waals surface area contributed by atoms with Crippen molar-refractivity contribution < 1.29 is 37.3 Å². The molecule has 0 aromatic heterocycles. The van der Waals surface area contributed by atoms with Gasteiger partial charge in [0.1, 0.15) is 13.2 Å². The Bertz CT molecular complexity index is 1590. The number of rotatable bonds is 11. The van der Waals surface area contributed by atoms with Crippen molar-refractivity contribution in [2.45, 2.75) is 26.1 Å². The molecule has 210 valence electrons. The fourth-order valence-electron chi connectivity index (χ4n) is 5.22. The molecule has 41 heavy (non-hydrogen) atoms. The van der Waals surface area contributed by atoms with Crippen molar-refractivity contribution in [1.29, 1.82) is 0 Å². The van der Waals surface area contributed by atoms with Crippen molar-refractivity contribution in [3.63, 3.8) is 0 Å². The van der Waals surface area contributed by atoms with Crippen molar-refractivity contribution in [1.82, 2.24) is 0 Å². The topological polar surface area (TPSA) is 72.5 Å². The second-order valence-corrected chi connectivity index (χ2v) is 10.2. The molecule has 2 unspecified atom stereocenters. The minimum absolute atomic E-state index is 0.0141. The molecule has 0 saturated carbocycles. The fraction of sp³-hybridized carbons (Fsp3) is 0.265. The molecule has 0 N–H and O–H groups in total. The summed E-state index contributed by atoms with van der Waals surface area (Å²) >= 11 is 0. The van der Waals surface area contributed by atoms with Gasteiger partial charge in [0.05, 0.1) is 23.7 Å². The average Bonchev–Trinajstić information content (AvgIpc) is 3.62. The Morgan fingerprint density at radius 2 is 1.44 bits per heavy atom. The van der Waals surface area contributed by atoms with Gasteiger partial charge in [-0.15, -0.1) is 0 Å². The highest BCUT2D eigenvalue weighted by molar-refractivity contribution is 5.75. The summed E-state index contributed by atoms with van der Waals surface area (Å²) in [7, 11) is -2.74. The first-order chi connectivity index (χ1) is 21.3. The summed E-state index contributed by atoms with van der Waals surface area (Å²) in [5, 5.41) is 0. The molecule has 0 bridgehead atoms. The van der Waals surface area contributed by atoms with Gasteiger partial charge in [-0.1, -0.05) is 66.7 Å². The Labute approximate surface area is 243 Å². The maximum absolute atomic E-state index is 13.0. The average molecular weight is 556 g/mol. The van der Waals surface area contributed by atoms with Gasteiger partial charge in [0, 0.05) is 5.92 Å². The van der Waals surface area contributed by atoms with E-state index < -0.39 is 13.0 Å². The molecule has 4 aromatic rings. The molecular formula is C34H32O7. The molecule has 2 aliphatic rings. The van der Waals surface area contributed by atoms with Crippen LogP contribution in [0.1, 0.15) is 26.4 Å². The first kappa shape index (κ1) is 23.1. The number of esters is 1. The molecule has 0 aliphatic carbocycles. The molecule has 2 atom stereocenters. The summed E-state index contributed by atoms with van der Waals surface area (Å²) in [5.74, 6) is 1.03. The molecule has 2 heterocycles. The molecule has 2 aliphatic heterocycles. The van der Waals surface area contributed by atoms with E-state index >= 15 is 0 Å². The second kappa shape index (κ2) is 12.3. The molecule has 7 heteroatoms. The zero-order chi connectivity index (χ0) is 30.5. The van der Waals surface area contributed by atoms with Crippen LogP contribution >= 0.6 is 0 Å². The Kier molecular flexibility index (Phi) is 6.90. The van der Waals surface area contributed by atoms with E-state index in [9.17, 15) is 4.79 Å². The van der Waals surface area contributed by atoms with E-state index in [-0.39, 0.29) is 50.0 Å². The Balaban J connectivity index is 1.30. The summed E-state index contributed by atoms with van der Waals surface area (Å²) in [4.78, 5) is 13.0. The van der Waals surface area contributed by atoms with Crippen LogP contribution in [0, 0.1) is 11.8 Å². The first-order valence-electron chi connectivity index (χ1n) is 15.1. The lowest BCUT2D eigenvalue weighted by Crippen LogP contribution is -2.20. The maximum Gasteiger partial charge on any atom is 0.309 e. The molecule has 1 fully saturated rings. The summed E-state index contributed by atoms with van der Waals surface area (Å²) in [5.41, 5.74) is 3.49. The first-order valence-corrected chi connectivity index (χ1v) is 13.6. The van der Waals surface area contributed by atoms with Gasteiger partial charge in [0.25, 0.3) is 0 Å². The number of fused-ring (bicyclic) bond motifs is 1. The summed E-state index contributed by atoms with van der Waals surface area (Å²) in [6.45, 7) is 0.863. The summed E-state index contributed by atoms with van der Waals surface area (Å²) in [6.07, 6.45) is 0.896. The van der Waals surface area contributed by atoms with Crippen LogP contribution in [0.4, 0.5) is 0 Å². The summed E-state index contributed by atoms with van der Waals surface area (Å²) < 4.78 is 57.8. The van der Waals surface area contributed by atoms with E-state index in [0.29, 0.717) is 35.7 Å². The van der Waals surface area contributed by atoms with Crippen molar-refractivity contribution in [2.24, 2.45) is 11.8 Å². The highest BCUT2D eigenvalue weighted by Crippen LogP contribution is 2.42. The SMILES string of the molecule is [2H]C([2H])([2H])Oc1cc(CC2C(=O)OCC2Cc2ccc3c(c2)OCO3)cc(OCc2ccccc2)c1OCc1ccccc1. The van der Waals surface area contributed by atoms with Crippen molar-refractivity contribution in [3.05, 3.63) is 113 Å². The summed E-state index contributed by atoms with van der Waals surface area (Å²) in [6, 6.07) is 28.3. The van der Waals surface area contributed by atoms with E-state index in [1.165, 1.54) is 0 Å². The van der Waals surface area contributed by atoms with Crippen molar-refractivity contribution >= 4 is 5.97 Å². The number of methoxy groups -OCH3 is 1. The predicted octanol–water partition coefficient (Wildman–Crippen LogP) is 6.16.